The third-order valence-electron chi connectivity index (χ3n) is 4.03. The molecule has 1 aliphatic heterocycles. The van der Waals surface area contributed by atoms with Gasteiger partial charge in [-0.05, 0) is 31.7 Å². The molecule has 0 bridgehead atoms. The van der Waals surface area contributed by atoms with Gasteiger partial charge in [-0.25, -0.2) is 0 Å². The number of aromatic nitrogens is 1. The number of methoxy groups -OCH3 is 1. The SMILES string of the molecule is COC1CCCN(C(=O)c2cc(N)cn2C2CC2)C1. The minimum Gasteiger partial charge on any atom is -0.397 e. The van der Waals surface area contributed by atoms with E-state index < -0.39 is 0 Å². The maximum atomic E-state index is 12.6. The van der Waals surface area contributed by atoms with Gasteiger partial charge in [-0.15, -0.1) is 0 Å². The minimum absolute atomic E-state index is 0.0883. The number of amides is 1. The van der Waals surface area contributed by atoms with Gasteiger partial charge in [0.05, 0.1) is 11.8 Å². The van der Waals surface area contributed by atoms with Crippen molar-refractivity contribution in [2.45, 2.75) is 37.8 Å². The van der Waals surface area contributed by atoms with Crippen LogP contribution in [0.15, 0.2) is 12.3 Å². The van der Waals surface area contributed by atoms with Crippen LogP contribution in [-0.4, -0.2) is 41.7 Å². The van der Waals surface area contributed by atoms with Gasteiger partial charge < -0.3 is 19.9 Å². The van der Waals surface area contributed by atoms with Crippen LogP contribution in [0, 0.1) is 0 Å². The molecule has 2 fully saturated rings. The lowest BCUT2D eigenvalue weighted by atomic mass is 10.1. The lowest BCUT2D eigenvalue weighted by Gasteiger charge is -2.32. The molecule has 2 aliphatic rings. The van der Waals surface area contributed by atoms with E-state index in [1.807, 2.05) is 15.7 Å². The maximum Gasteiger partial charge on any atom is 0.270 e. The Labute approximate surface area is 113 Å². The summed E-state index contributed by atoms with van der Waals surface area (Å²) in [5.74, 6) is 0.0883. The van der Waals surface area contributed by atoms with Crippen LogP contribution >= 0.6 is 0 Å². The predicted octanol–water partition coefficient (Wildman–Crippen LogP) is 1.66. The van der Waals surface area contributed by atoms with E-state index in [-0.39, 0.29) is 12.0 Å². The number of nitrogen functional groups attached to an aromatic ring is 1. The monoisotopic (exact) mass is 263 g/mol. The molecule has 1 unspecified atom stereocenters. The minimum atomic E-state index is 0.0883. The number of rotatable bonds is 3. The Bertz CT molecular complexity index is 479. The zero-order valence-corrected chi connectivity index (χ0v) is 11.3. The topological polar surface area (TPSA) is 60.5 Å². The Morgan fingerprint density at radius 2 is 2.21 bits per heavy atom. The van der Waals surface area contributed by atoms with Gasteiger partial charge in [-0.3, -0.25) is 4.79 Å². The number of ether oxygens (including phenoxy) is 1. The standard InChI is InChI=1S/C14H21N3O2/c1-19-12-3-2-6-16(9-12)14(18)13-7-10(15)8-17(13)11-4-5-11/h7-8,11-12H,2-6,9,15H2,1H3. The van der Waals surface area contributed by atoms with Gasteiger partial charge in [0.2, 0.25) is 0 Å². The second-order valence-corrected chi connectivity index (χ2v) is 5.55. The molecule has 2 heterocycles. The Hall–Kier alpha value is -1.49. The Morgan fingerprint density at radius 1 is 1.42 bits per heavy atom. The second-order valence-electron chi connectivity index (χ2n) is 5.55. The molecule has 1 aromatic rings. The van der Waals surface area contributed by atoms with Crippen LogP contribution in [0.3, 0.4) is 0 Å². The van der Waals surface area contributed by atoms with Crippen LogP contribution in [0.5, 0.6) is 0 Å². The van der Waals surface area contributed by atoms with E-state index in [9.17, 15) is 4.79 Å². The molecule has 1 aromatic heterocycles. The summed E-state index contributed by atoms with van der Waals surface area (Å²) in [6.07, 6.45) is 6.39. The molecule has 1 saturated carbocycles. The molecular weight excluding hydrogens is 242 g/mol. The number of carbonyl (C=O) groups excluding carboxylic acids is 1. The molecule has 5 heteroatoms. The number of nitrogens with zero attached hydrogens (tertiary/aromatic N) is 2. The van der Waals surface area contributed by atoms with Crippen molar-refractivity contribution < 1.29 is 9.53 Å². The summed E-state index contributed by atoms with van der Waals surface area (Å²) in [6, 6.07) is 2.27. The zero-order chi connectivity index (χ0) is 13.4. The van der Waals surface area contributed by atoms with Crippen molar-refractivity contribution in [3.63, 3.8) is 0 Å². The van der Waals surface area contributed by atoms with Crippen LogP contribution < -0.4 is 5.73 Å². The number of hydrogen-bond donors (Lipinski definition) is 1. The van der Waals surface area contributed by atoms with Gasteiger partial charge in [0.25, 0.3) is 5.91 Å². The molecule has 1 amide bonds. The van der Waals surface area contributed by atoms with Crippen LogP contribution in [0.4, 0.5) is 5.69 Å². The first-order valence-corrected chi connectivity index (χ1v) is 6.98. The third kappa shape index (κ3) is 2.47. The summed E-state index contributed by atoms with van der Waals surface area (Å²) in [5.41, 5.74) is 7.26. The number of anilines is 1. The Balaban J connectivity index is 1.79. The molecule has 0 radical (unpaired) electrons. The fourth-order valence-electron chi connectivity index (χ4n) is 2.80. The van der Waals surface area contributed by atoms with Gasteiger partial charge in [-0.1, -0.05) is 0 Å². The molecule has 1 atom stereocenters. The normalized spacial score (nSPS) is 23.6. The summed E-state index contributed by atoms with van der Waals surface area (Å²) < 4.78 is 7.43. The van der Waals surface area contributed by atoms with Gasteiger partial charge in [0.1, 0.15) is 5.69 Å². The van der Waals surface area contributed by atoms with Gasteiger partial charge in [-0.2, -0.15) is 0 Å². The van der Waals surface area contributed by atoms with Gasteiger partial charge >= 0.3 is 0 Å². The molecule has 0 spiro atoms. The number of likely N-dealkylation sites (tertiary alicyclic amines) is 1. The highest BCUT2D eigenvalue weighted by Crippen LogP contribution is 2.37. The van der Waals surface area contributed by atoms with Crippen molar-refractivity contribution in [1.82, 2.24) is 9.47 Å². The number of carbonyl (C=O) groups is 1. The molecule has 5 nitrogen and oxygen atoms in total. The van der Waals surface area contributed by atoms with E-state index in [1.54, 1.807) is 13.2 Å². The first-order chi connectivity index (χ1) is 9.19. The average Bonchev–Trinajstić information content (AvgIpc) is 3.21. The van der Waals surface area contributed by atoms with E-state index >= 15 is 0 Å². The van der Waals surface area contributed by atoms with E-state index in [1.165, 1.54) is 0 Å². The number of hydrogen-bond acceptors (Lipinski definition) is 3. The van der Waals surface area contributed by atoms with Crippen LogP contribution in [-0.2, 0) is 4.74 Å². The van der Waals surface area contributed by atoms with Crippen LogP contribution in [0.2, 0.25) is 0 Å². The molecule has 1 aliphatic carbocycles. The zero-order valence-electron chi connectivity index (χ0n) is 11.3. The molecule has 1 saturated heterocycles. The fraction of sp³-hybridized carbons (Fsp3) is 0.643. The summed E-state index contributed by atoms with van der Waals surface area (Å²) >= 11 is 0. The summed E-state index contributed by atoms with van der Waals surface area (Å²) in [4.78, 5) is 14.5. The van der Waals surface area contributed by atoms with E-state index in [2.05, 4.69) is 0 Å². The van der Waals surface area contributed by atoms with Crippen LogP contribution in [0.1, 0.15) is 42.2 Å². The first kappa shape index (κ1) is 12.5. The van der Waals surface area contributed by atoms with E-state index in [0.717, 1.165) is 37.9 Å². The number of nitrogens with two attached hydrogens (primary N) is 1. The molecule has 104 valence electrons. The van der Waals surface area contributed by atoms with Crippen molar-refractivity contribution in [3.8, 4) is 0 Å². The van der Waals surface area contributed by atoms with Crippen molar-refractivity contribution in [2.75, 3.05) is 25.9 Å². The fourth-order valence-corrected chi connectivity index (χ4v) is 2.80. The number of piperidine rings is 1. The quantitative estimate of drug-likeness (QED) is 0.902. The Kier molecular flexibility index (Phi) is 3.22. The van der Waals surface area contributed by atoms with Gasteiger partial charge in [0, 0.05) is 32.4 Å². The predicted molar refractivity (Wildman–Crippen MR) is 73.0 cm³/mol. The first-order valence-electron chi connectivity index (χ1n) is 6.98. The summed E-state index contributed by atoms with van der Waals surface area (Å²) in [6.45, 7) is 1.50. The van der Waals surface area contributed by atoms with Gasteiger partial charge in [0.15, 0.2) is 0 Å². The molecule has 19 heavy (non-hydrogen) atoms. The maximum absolute atomic E-state index is 12.6. The summed E-state index contributed by atoms with van der Waals surface area (Å²) in [5, 5.41) is 0. The van der Waals surface area contributed by atoms with Crippen molar-refractivity contribution in [2.24, 2.45) is 0 Å². The molecular formula is C14H21N3O2. The third-order valence-corrected chi connectivity index (χ3v) is 4.03. The van der Waals surface area contributed by atoms with Crippen molar-refractivity contribution in [1.29, 1.82) is 0 Å². The second kappa shape index (κ2) is 4.89. The smallest absolute Gasteiger partial charge is 0.270 e. The highest BCUT2D eigenvalue weighted by Gasteiger charge is 2.31. The molecule has 2 N–H and O–H groups in total. The van der Waals surface area contributed by atoms with E-state index in [0.29, 0.717) is 18.3 Å². The van der Waals surface area contributed by atoms with Crippen LogP contribution in [0.25, 0.3) is 0 Å². The molecule has 0 aromatic carbocycles. The highest BCUT2D eigenvalue weighted by molar-refractivity contribution is 5.94. The van der Waals surface area contributed by atoms with E-state index in [4.69, 9.17) is 10.5 Å². The highest BCUT2D eigenvalue weighted by atomic mass is 16.5. The molecule has 3 rings (SSSR count). The average molecular weight is 263 g/mol. The summed E-state index contributed by atoms with van der Waals surface area (Å²) in [7, 11) is 1.71. The lowest BCUT2D eigenvalue weighted by molar-refractivity contribution is 0.0263. The Morgan fingerprint density at radius 3 is 2.89 bits per heavy atom. The van der Waals surface area contributed by atoms with Crippen molar-refractivity contribution in [3.05, 3.63) is 18.0 Å². The largest absolute Gasteiger partial charge is 0.397 e. The van der Waals surface area contributed by atoms with Crippen molar-refractivity contribution >= 4 is 11.6 Å². The lowest BCUT2D eigenvalue weighted by Crippen LogP contribution is -2.43.